The fourth-order valence-corrected chi connectivity index (χ4v) is 3.66. The first kappa shape index (κ1) is 17.6. The summed E-state index contributed by atoms with van der Waals surface area (Å²) in [5, 5.41) is 5.40. The maximum Gasteiger partial charge on any atom is 0.274 e. The summed E-state index contributed by atoms with van der Waals surface area (Å²) < 4.78 is 7.48. The van der Waals surface area contributed by atoms with Crippen molar-refractivity contribution in [1.29, 1.82) is 0 Å². The van der Waals surface area contributed by atoms with Gasteiger partial charge in [-0.1, -0.05) is 6.08 Å². The van der Waals surface area contributed by atoms with Gasteiger partial charge in [0.05, 0.1) is 11.8 Å². The van der Waals surface area contributed by atoms with Gasteiger partial charge in [0.25, 0.3) is 5.91 Å². The molecule has 1 amide bonds. The second-order valence-electron chi connectivity index (χ2n) is 6.32. The molecule has 0 aliphatic carbocycles. The molecule has 0 radical (unpaired) electrons. The zero-order chi connectivity index (χ0) is 18.5. The number of pyridine rings is 1. The van der Waals surface area contributed by atoms with Crippen molar-refractivity contribution in [3.63, 3.8) is 0 Å². The lowest BCUT2D eigenvalue weighted by Crippen LogP contribution is -2.17. The highest BCUT2D eigenvalue weighted by Crippen LogP contribution is 2.20. The molecule has 27 heavy (non-hydrogen) atoms. The van der Waals surface area contributed by atoms with Crippen molar-refractivity contribution in [2.75, 3.05) is 11.9 Å². The standard InChI is InChI=1S/C20H20N4O2S/c25-19(18-4-1-11-24(18)13-15-7-9-21-10-8-15)23-20-22-16(14-27-20)5-6-17-3-2-12-26-17/h1,4-11,14,17H,2-3,12-13H2,(H,22,23,25)/b6-5+/t17-/m0/s1. The van der Waals surface area contributed by atoms with Gasteiger partial charge in [-0.2, -0.15) is 0 Å². The van der Waals surface area contributed by atoms with Gasteiger partial charge in [-0.05, 0) is 48.7 Å². The van der Waals surface area contributed by atoms with Crippen LogP contribution >= 0.6 is 11.3 Å². The van der Waals surface area contributed by atoms with Crippen LogP contribution in [0.4, 0.5) is 5.13 Å². The molecule has 1 saturated heterocycles. The van der Waals surface area contributed by atoms with Crippen LogP contribution < -0.4 is 5.32 Å². The molecule has 6 nitrogen and oxygen atoms in total. The van der Waals surface area contributed by atoms with E-state index in [2.05, 4.69) is 15.3 Å². The van der Waals surface area contributed by atoms with Gasteiger partial charge in [-0.15, -0.1) is 11.3 Å². The molecule has 138 valence electrons. The lowest BCUT2D eigenvalue weighted by Gasteiger charge is -2.08. The minimum atomic E-state index is -0.168. The van der Waals surface area contributed by atoms with Gasteiger partial charge in [0.1, 0.15) is 5.69 Å². The molecule has 0 unspecified atom stereocenters. The maximum atomic E-state index is 12.6. The normalized spacial score (nSPS) is 16.8. The van der Waals surface area contributed by atoms with Gasteiger partial charge in [0.2, 0.25) is 0 Å². The Balaban J connectivity index is 1.40. The molecule has 3 aromatic heterocycles. The molecule has 4 rings (SSSR count). The van der Waals surface area contributed by atoms with Crippen LogP contribution in [0, 0.1) is 0 Å². The van der Waals surface area contributed by atoms with Gasteiger partial charge in [-0.25, -0.2) is 4.98 Å². The molecule has 3 aromatic rings. The number of ether oxygens (including phenoxy) is 1. The highest BCUT2D eigenvalue weighted by molar-refractivity contribution is 7.14. The number of aromatic nitrogens is 3. The third-order valence-corrected chi connectivity index (χ3v) is 5.13. The monoisotopic (exact) mass is 380 g/mol. The van der Waals surface area contributed by atoms with Crippen molar-refractivity contribution < 1.29 is 9.53 Å². The van der Waals surface area contributed by atoms with Crippen molar-refractivity contribution >= 4 is 28.5 Å². The summed E-state index contributed by atoms with van der Waals surface area (Å²) in [6, 6.07) is 7.56. The summed E-state index contributed by atoms with van der Waals surface area (Å²) in [6.45, 7) is 1.44. The van der Waals surface area contributed by atoms with Crippen molar-refractivity contribution in [2.24, 2.45) is 0 Å². The predicted molar refractivity (Wildman–Crippen MR) is 106 cm³/mol. The predicted octanol–water partition coefficient (Wildman–Crippen LogP) is 3.83. The fourth-order valence-electron chi connectivity index (χ4n) is 2.98. The Kier molecular flexibility index (Phi) is 5.41. The summed E-state index contributed by atoms with van der Waals surface area (Å²) in [5.74, 6) is -0.168. The number of thiazole rings is 1. The van der Waals surface area contributed by atoms with E-state index < -0.39 is 0 Å². The Labute approximate surface area is 161 Å². The number of nitrogens with zero attached hydrogens (tertiary/aromatic N) is 3. The van der Waals surface area contributed by atoms with Gasteiger partial charge in [0.15, 0.2) is 5.13 Å². The Bertz CT molecular complexity index is 926. The van der Waals surface area contributed by atoms with Crippen LogP contribution in [-0.4, -0.2) is 33.2 Å². The molecule has 0 spiro atoms. The van der Waals surface area contributed by atoms with Crippen molar-refractivity contribution in [1.82, 2.24) is 14.5 Å². The van der Waals surface area contributed by atoms with Crippen molar-refractivity contribution in [3.05, 3.63) is 71.3 Å². The molecule has 4 heterocycles. The second kappa shape index (κ2) is 8.28. The highest BCUT2D eigenvalue weighted by Gasteiger charge is 2.14. The molecule has 7 heteroatoms. The summed E-state index contributed by atoms with van der Waals surface area (Å²) in [7, 11) is 0. The Morgan fingerprint density at radius 2 is 2.26 bits per heavy atom. The van der Waals surface area contributed by atoms with Crippen LogP contribution in [0.1, 0.15) is 34.6 Å². The largest absolute Gasteiger partial charge is 0.374 e. The Morgan fingerprint density at radius 1 is 1.37 bits per heavy atom. The zero-order valence-electron chi connectivity index (χ0n) is 14.7. The van der Waals surface area contributed by atoms with Crippen LogP contribution in [0.3, 0.4) is 0 Å². The minimum absolute atomic E-state index is 0.168. The number of anilines is 1. The van der Waals surface area contributed by atoms with E-state index in [1.807, 2.05) is 52.6 Å². The first-order valence-corrected chi connectivity index (χ1v) is 9.76. The van der Waals surface area contributed by atoms with E-state index in [1.165, 1.54) is 11.3 Å². The summed E-state index contributed by atoms with van der Waals surface area (Å²) in [5.41, 5.74) is 2.52. The molecule has 1 aliphatic heterocycles. The quantitative estimate of drug-likeness (QED) is 0.706. The number of rotatable bonds is 6. The fraction of sp³-hybridized carbons (Fsp3) is 0.250. The molecule has 0 bridgehead atoms. The third kappa shape index (κ3) is 4.50. The average Bonchev–Trinajstić information content (AvgIpc) is 3.43. The van der Waals surface area contributed by atoms with Crippen molar-refractivity contribution in [3.8, 4) is 0 Å². The lowest BCUT2D eigenvalue weighted by molar-refractivity contribution is 0.101. The molecule has 1 aliphatic rings. The van der Waals surface area contributed by atoms with Crippen LogP contribution in [-0.2, 0) is 11.3 Å². The van der Waals surface area contributed by atoms with E-state index in [9.17, 15) is 4.79 Å². The van der Waals surface area contributed by atoms with E-state index in [0.29, 0.717) is 17.4 Å². The van der Waals surface area contributed by atoms with Gasteiger partial charge in [0, 0.05) is 37.1 Å². The number of hydrogen-bond acceptors (Lipinski definition) is 5. The Hall–Kier alpha value is -2.77. The lowest BCUT2D eigenvalue weighted by atomic mass is 10.2. The van der Waals surface area contributed by atoms with E-state index >= 15 is 0 Å². The maximum absolute atomic E-state index is 12.6. The third-order valence-electron chi connectivity index (χ3n) is 4.35. The topological polar surface area (TPSA) is 69.0 Å². The summed E-state index contributed by atoms with van der Waals surface area (Å²) in [6.07, 6.45) is 11.7. The molecule has 1 N–H and O–H groups in total. The molecule has 0 saturated carbocycles. The summed E-state index contributed by atoms with van der Waals surface area (Å²) in [4.78, 5) is 21.1. The van der Waals surface area contributed by atoms with E-state index in [-0.39, 0.29) is 12.0 Å². The van der Waals surface area contributed by atoms with Gasteiger partial charge < -0.3 is 9.30 Å². The number of hydrogen-bond donors (Lipinski definition) is 1. The van der Waals surface area contributed by atoms with E-state index in [0.717, 1.165) is 30.7 Å². The van der Waals surface area contributed by atoms with Crippen LogP contribution in [0.5, 0.6) is 0 Å². The smallest absolute Gasteiger partial charge is 0.274 e. The number of amides is 1. The average molecular weight is 380 g/mol. The molecule has 0 aromatic carbocycles. The van der Waals surface area contributed by atoms with E-state index in [4.69, 9.17) is 4.74 Å². The molecule has 1 atom stereocenters. The Morgan fingerprint density at radius 3 is 3.07 bits per heavy atom. The van der Waals surface area contributed by atoms with Crippen LogP contribution in [0.2, 0.25) is 0 Å². The van der Waals surface area contributed by atoms with E-state index in [1.54, 1.807) is 12.4 Å². The molecule has 1 fully saturated rings. The number of carbonyl (C=O) groups is 1. The second-order valence-corrected chi connectivity index (χ2v) is 7.18. The SMILES string of the molecule is O=C(Nc1nc(/C=C/[C@@H]2CCCO2)cs1)c1cccn1Cc1ccncc1. The highest BCUT2D eigenvalue weighted by atomic mass is 32.1. The van der Waals surface area contributed by atoms with Crippen LogP contribution in [0.25, 0.3) is 6.08 Å². The first-order chi connectivity index (χ1) is 13.3. The minimum Gasteiger partial charge on any atom is -0.374 e. The first-order valence-electron chi connectivity index (χ1n) is 8.89. The zero-order valence-corrected chi connectivity index (χ0v) is 15.6. The summed E-state index contributed by atoms with van der Waals surface area (Å²) >= 11 is 1.41. The van der Waals surface area contributed by atoms with Crippen molar-refractivity contribution in [2.45, 2.75) is 25.5 Å². The molecular weight excluding hydrogens is 360 g/mol. The molecular formula is C20H20N4O2S. The number of nitrogens with one attached hydrogen (secondary N) is 1. The number of carbonyl (C=O) groups excluding carboxylic acids is 1. The van der Waals surface area contributed by atoms with Crippen LogP contribution in [0.15, 0.2) is 54.3 Å². The van der Waals surface area contributed by atoms with Gasteiger partial charge in [-0.3, -0.25) is 15.1 Å². The van der Waals surface area contributed by atoms with Gasteiger partial charge >= 0.3 is 0 Å².